The Morgan fingerprint density at radius 2 is 1.61 bits per heavy atom. The molecule has 3 aromatic carbocycles. The molecule has 232 valence electrons. The molecule has 44 heavy (non-hydrogen) atoms. The second-order valence-electron chi connectivity index (χ2n) is 11.9. The molecular weight excluding hydrogens is 574 g/mol. The third-order valence-corrected chi connectivity index (χ3v) is 9.97. The molecular formula is C36H41NO6S. The number of fused-ring (bicyclic) bond motifs is 1. The Kier molecular flexibility index (Phi) is 10.6. The van der Waals surface area contributed by atoms with E-state index < -0.39 is 11.9 Å². The number of aryl methyl sites for hydroxylation is 1. The maximum atomic E-state index is 10.2. The highest BCUT2D eigenvalue weighted by atomic mass is 32.1. The molecule has 1 saturated heterocycles. The number of aliphatic carboxylic acids is 2. The number of aromatic hydroxyl groups is 1. The number of hydrogen-bond acceptors (Lipinski definition) is 6. The largest absolute Gasteiger partial charge is 0.508 e. The molecule has 0 radical (unpaired) electrons. The molecule has 1 saturated carbocycles. The minimum absolute atomic E-state index is 0.324. The zero-order valence-corrected chi connectivity index (χ0v) is 26.1. The Balaban J connectivity index is 0.000000584. The van der Waals surface area contributed by atoms with Crippen LogP contribution >= 0.6 is 11.3 Å². The van der Waals surface area contributed by atoms with Crippen LogP contribution in [0.5, 0.6) is 11.5 Å². The van der Waals surface area contributed by atoms with Gasteiger partial charge in [-0.25, -0.2) is 9.59 Å². The van der Waals surface area contributed by atoms with Gasteiger partial charge in [0.2, 0.25) is 0 Å². The SMILES string of the molecule is Cc1cc(Cc2c(-c3ccc(OCCC4CCCC4)cc3)sc3cc(O)ccc23)ccc1CN1CCCC1.O=C(O)C(=O)O. The molecule has 6 rings (SSSR count). The highest BCUT2D eigenvalue weighted by Crippen LogP contribution is 2.41. The summed E-state index contributed by atoms with van der Waals surface area (Å²) in [6.07, 6.45) is 10.2. The Morgan fingerprint density at radius 1 is 0.909 bits per heavy atom. The van der Waals surface area contributed by atoms with Crippen molar-refractivity contribution in [2.45, 2.75) is 64.8 Å². The van der Waals surface area contributed by atoms with Gasteiger partial charge in [0.05, 0.1) is 6.61 Å². The fraction of sp³-hybridized carbons (Fsp3) is 0.389. The van der Waals surface area contributed by atoms with E-state index in [1.54, 1.807) is 11.3 Å². The van der Waals surface area contributed by atoms with E-state index in [4.69, 9.17) is 24.5 Å². The van der Waals surface area contributed by atoms with E-state index in [1.807, 2.05) is 12.1 Å². The molecule has 3 N–H and O–H groups in total. The van der Waals surface area contributed by atoms with Gasteiger partial charge in [0.1, 0.15) is 11.5 Å². The number of ether oxygens (including phenoxy) is 1. The number of carboxylic acid groups (broad SMARTS) is 2. The molecule has 4 aromatic rings. The molecule has 1 aromatic heterocycles. The molecule has 0 atom stereocenters. The predicted molar refractivity (Wildman–Crippen MR) is 175 cm³/mol. The number of carbonyl (C=O) groups is 2. The van der Waals surface area contributed by atoms with Gasteiger partial charge < -0.3 is 20.1 Å². The van der Waals surface area contributed by atoms with E-state index in [0.717, 1.165) is 35.9 Å². The van der Waals surface area contributed by atoms with Crippen molar-refractivity contribution < 1.29 is 29.6 Å². The number of benzene rings is 3. The number of carboxylic acids is 2. The fourth-order valence-electron chi connectivity index (χ4n) is 6.32. The van der Waals surface area contributed by atoms with Crippen LogP contribution in [0.15, 0.2) is 60.7 Å². The van der Waals surface area contributed by atoms with Crippen molar-refractivity contribution in [2.24, 2.45) is 5.92 Å². The number of likely N-dealkylation sites (tertiary alicyclic amines) is 1. The minimum atomic E-state index is -1.82. The lowest BCUT2D eigenvalue weighted by Gasteiger charge is -2.17. The van der Waals surface area contributed by atoms with Gasteiger partial charge in [-0.3, -0.25) is 4.90 Å². The first kappa shape index (κ1) is 31.5. The van der Waals surface area contributed by atoms with Crippen LogP contribution < -0.4 is 4.74 Å². The first-order valence-corrected chi connectivity index (χ1v) is 16.3. The van der Waals surface area contributed by atoms with Crippen LogP contribution in [0.2, 0.25) is 0 Å². The maximum Gasteiger partial charge on any atom is 0.414 e. The van der Waals surface area contributed by atoms with Crippen LogP contribution in [-0.4, -0.2) is 51.9 Å². The lowest BCUT2D eigenvalue weighted by atomic mass is 9.96. The third kappa shape index (κ3) is 8.18. The number of nitrogens with zero attached hydrogens (tertiary/aromatic N) is 1. The van der Waals surface area contributed by atoms with Crippen LogP contribution in [0.25, 0.3) is 20.5 Å². The Morgan fingerprint density at radius 3 is 2.27 bits per heavy atom. The minimum Gasteiger partial charge on any atom is -0.508 e. The summed E-state index contributed by atoms with van der Waals surface area (Å²) in [6.45, 7) is 6.58. The monoisotopic (exact) mass is 615 g/mol. The molecule has 2 aliphatic rings. The maximum absolute atomic E-state index is 10.2. The summed E-state index contributed by atoms with van der Waals surface area (Å²) in [5.74, 6) is -1.52. The smallest absolute Gasteiger partial charge is 0.414 e. The van der Waals surface area contributed by atoms with E-state index in [0.29, 0.717) is 5.75 Å². The Hall–Kier alpha value is -3.88. The van der Waals surface area contributed by atoms with Gasteiger partial charge >= 0.3 is 11.9 Å². The normalized spacial score (nSPS) is 15.3. The van der Waals surface area contributed by atoms with E-state index >= 15 is 0 Å². The molecule has 0 spiro atoms. The van der Waals surface area contributed by atoms with Crippen molar-refractivity contribution in [3.05, 3.63) is 82.9 Å². The second-order valence-corrected chi connectivity index (χ2v) is 13.0. The van der Waals surface area contributed by atoms with Crippen molar-refractivity contribution in [2.75, 3.05) is 19.7 Å². The van der Waals surface area contributed by atoms with Gasteiger partial charge in [-0.2, -0.15) is 0 Å². The Bertz CT molecular complexity index is 1570. The van der Waals surface area contributed by atoms with Crippen molar-refractivity contribution in [1.82, 2.24) is 4.90 Å². The molecule has 2 heterocycles. The molecule has 2 fully saturated rings. The van der Waals surface area contributed by atoms with Crippen molar-refractivity contribution in [1.29, 1.82) is 0 Å². The molecule has 7 nitrogen and oxygen atoms in total. The fourth-order valence-corrected chi connectivity index (χ4v) is 7.58. The van der Waals surface area contributed by atoms with E-state index in [1.165, 1.54) is 96.1 Å². The number of rotatable bonds is 9. The lowest BCUT2D eigenvalue weighted by molar-refractivity contribution is -0.159. The molecule has 8 heteroatoms. The van der Waals surface area contributed by atoms with Gasteiger partial charge in [0, 0.05) is 16.1 Å². The van der Waals surface area contributed by atoms with Crippen LogP contribution in [0.1, 0.15) is 67.2 Å². The molecule has 0 bridgehead atoms. The molecule has 1 aliphatic carbocycles. The van der Waals surface area contributed by atoms with Crippen molar-refractivity contribution in [3.8, 4) is 21.9 Å². The van der Waals surface area contributed by atoms with Crippen LogP contribution in [0.4, 0.5) is 0 Å². The summed E-state index contributed by atoms with van der Waals surface area (Å²) in [7, 11) is 0. The van der Waals surface area contributed by atoms with Crippen molar-refractivity contribution in [3.63, 3.8) is 0 Å². The zero-order chi connectivity index (χ0) is 31.1. The van der Waals surface area contributed by atoms with E-state index in [2.05, 4.69) is 60.4 Å². The number of thiophene rings is 1. The van der Waals surface area contributed by atoms with Crippen molar-refractivity contribution >= 4 is 33.4 Å². The topological polar surface area (TPSA) is 107 Å². The van der Waals surface area contributed by atoms with Gasteiger partial charge in [-0.05, 0) is 127 Å². The summed E-state index contributed by atoms with van der Waals surface area (Å²) in [5, 5.41) is 26.2. The summed E-state index contributed by atoms with van der Waals surface area (Å²) in [6, 6.07) is 21.4. The summed E-state index contributed by atoms with van der Waals surface area (Å²) >= 11 is 1.77. The first-order chi connectivity index (χ1) is 21.3. The first-order valence-electron chi connectivity index (χ1n) is 15.5. The standard InChI is InChI=1S/C34H39NO2S.C2H2O4/c1-24-20-26(8-9-28(24)23-35-17-4-5-18-35)21-32-31-15-12-29(36)22-33(31)38-34(32)27-10-13-30(14-11-27)37-19-16-25-6-2-3-7-25;3-1(4)2(5)6/h8-15,20,22,25,36H,2-7,16-19,21,23H2,1H3;(H,3,4)(H,5,6). The Labute approximate surface area is 262 Å². The van der Waals surface area contributed by atoms with Gasteiger partial charge in [-0.1, -0.05) is 43.9 Å². The molecule has 0 amide bonds. The zero-order valence-electron chi connectivity index (χ0n) is 25.3. The summed E-state index contributed by atoms with van der Waals surface area (Å²) in [5.41, 5.74) is 6.72. The highest BCUT2D eigenvalue weighted by Gasteiger charge is 2.18. The van der Waals surface area contributed by atoms with Crippen LogP contribution in [0.3, 0.4) is 0 Å². The summed E-state index contributed by atoms with van der Waals surface area (Å²) < 4.78 is 7.23. The van der Waals surface area contributed by atoms with E-state index in [9.17, 15) is 5.11 Å². The van der Waals surface area contributed by atoms with Gasteiger partial charge in [-0.15, -0.1) is 11.3 Å². The lowest BCUT2D eigenvalue weighted by Crippen LogP contribution is -2.18. The van der Waals surface area contributed by atoms with Crippen LogP contribution in [-0.2, 0) is 22.6 Å². The molecule has 0 unspecified atom stereocenters. The highest BCUT2D eigenvalue weighted by molar-refractivity contribution is 7.22. The number of hydrogen-bond donors (Lipinski definition) is 3. The quantitative estimate of drug-likeness (QED) is 0.164. The summed E-state index contributed by atoms with van der Waals surface area (Å²) in [4.78, 5) is 22.0. The predicted octanol–water partition coefficient (Wildman–Crippen LogP) is 7.88. The van der Waals surface area contributed by atoms with Crippen LogP contribution in [0, 0.1) is 12.8 Å². The van der Waals surface area contributed by atoms with E-state index in [-0.39, 0.29) is 0 Å². The van der Waals surface area contributed by atoms with Gasteiger partial charge in [0.15, 0.2) is 0 Å². The van der Waals surface area contributed by atoms with Gasteiger partial charge in [0.25, 0.3) is 0 Å². The average Bonchev–Trinajstić information content (AvgIpc) is 3.78. The second kappa shape index (κ2) is 14.7. The average molecular weight is 616 g/mol. The molecule has 1 aliphatic heterocycles. The number of phenolic OH excluding ortho intramolecular Hbond substituents is 1. The third-order valence-electron chi connectivity index (χ3n) is 8.73. The number of phenols is 1.